The number of aliphatic imine (C=N–C) groups is 1. The number of carbonyl (C=O) groups is 1. The number of hydrogen-bond donors (Lipinski definition) is 1. The molecule has 1 unspecified atom stereocenters. The van der Waals surface area contributed by atoms with Crippen LogP contribution >= 0.6 is 0 Å². The van der Waals surface area contributed by atoms with E-state index in [-0.39, 0.29) is 11.7 Å². The topological polar surface area (TPSA) is 55.4 Å². The quantitative estimate of drug-likeness (QED) is 0.263. The first-order chi connectivity index (χ1) is 13.8. The van der Waals surface area contributed by atoms with E-state index in [2.05, 4.69) is 26.5 Å². The highest BCUT2D eigenvalue weighted by atomic mass is 19.1. The summed E-state index contributed by atoms with van der Waals surface area (Å²) in [6.45, 7) is 13.7. The highest BCUT2D eigenvalue weighted by molar-refractivity contribution is 6.03. The average molecular weight is 399 g/mol. The number of nitrogens with two attached hydrogens (primary N) is 1. The first-order valence-corrected chi connectivity index (χ1v) is 10.4. The van der Waals surface area contributed by atoms with E-state index in [1.807, 2.05) is 26.0 Å². The fourth-order valence-corrected chi connectivity index (χ4v) is 3.22. The summed E-state index contributed by atoms with van der Waals surface area (Å²) in [5.41, 5.74) is 11.0. The normalized spacial score (nSPS) is 14.1. The van der Waals surface area contributed by atoms with Gasteiger partial charge in [0.25, 0.3) is 0 Å². The van der Waals surface area contributed by atoms with Crippen LogP contribution in [0.5, 0.6) is 0 Å². The largest absolute Gasteiger partial charge is 0.404 e. The molecule has 158 valence electrons. The van der Waals surface area contributed by atoms with Gasteiger partial charge in [-0.2, -0.15) is 0 Å². The van der Waals surface area contributed by atoms with Crippen molar-refractivity contribution in [1.29, 1.82) is 0 Å². The summed E-state index contributed by atoms with van der Waals surface area (Å²) in [6.07, 6.45) is 6.13. The lowest BCUT2D eigenvalue weighted by atomic mass is 9.91. The molecule has 1 rings (SSSR count). The first kappa shape index (κ1) is 24.5. The van der Waals surface area contributed by atoms with Crippen molar-refractivity contribution < 1.29 is 9.18 Å². The standard InChI is InChI=1S/C25H35FN2O/c1-7-10-24(23(15-27)18(5)13-19(6)26)28-16-20-11-12-22(21(9-3)14-20)25(29)17(4)8-2/h11-15,17H,6-10,16,27H2,1-5H3/b18-13-,23-15-,28-24?. The maximum atomic E-state index is 13.2. The van der Waals surface area contributed by atoms with E-state index in [1.54, 1.807) is 6.92 Å². The third-order valence-corrected chi connectivity index (χ3v) is 5.09. The van der Waals surface area contributed by atoms with E-state index in [9.17, 15) is 9.18 Å². The minimum atomic E-state index is -0.508. The van der Waals surface area contributed by atoms with E-state index in [0.717, 1.165) is 53.7 Å². The van der Waals surface area contributed by atoms with Crippen LogP contribution in [0.3, 0.4) is 0 Å². The number of Topliss-reactive ketones (excluding diaryl/α,β-unsaturated/α-hetero) is 1. The molecule has 0 bridgehead atoms. The molecule has 0 fully saturated rings. The summed E-state index contributed by atoms with van der Waals surface area (Å²) >= 11 is 0. The lowest BCUT2D eigenvalue weighted by Crippen LogP contribution is -2.13. The number of rotatable bonds is 11. The van der Waals surface area contributed by atoms with Crippen LogP contribution in [-0.2, 0) is 13.0 Å². The van der Waals surface area contributed by atoms with Crippen LogP contribution in [0, 0.1) is 5.92 Å². The molecular weight excluding hydrogens is 363 g/mol. The maximum absolute atomic E-state index is 13.2. The summed E-state index contributed by atoms with van der Waals surface area (Å²) < 4.78 is 13.2. The van der Waals surface area contributed by atoms with Crippen molar-refractivity contribution in [3.63, 3.8) is 0 Å². The molecule has 29 heavy (non-hydrogen) atoms. The number of hydrogen-bond acceptors (Lipinski definition) is 3. The molecule has 4 heteroatoms. The molecule has 1 aromatic rings. The molecule has 0 aliphatic rings. The van der Waals surface area contributed by atoms with Crippen LogP contribution in [0.1, 0.15) is 75.4 Å². The third-order valence-electron chi connectivity index (χ3n) is 5.09. The maximum Gasteiger partial charge on any atom is 0.165 e. The fraction of sp³-hybridized carbons (Fsp3) is 0.440. The van der Waals surface area contributed by atoms with Crippen LogP contribution in [-0.4, -0.2) is 11.5 Å². The lowest BCUT2D eigenvalue weighted by Gasteiger charge is -2.14. The highest BCUT2D eigenvalue weighted by Crippen LogP contribution is 2.21. The molecule has 0 aliphatic carbocycles. The second kappa shape index (κ2) is 12.2. The minimum absolute atomic E-state index is 0.0256. The van der Waals surface area contributed by atoms with Gasteiger partial charge in [-0.25, -0.2) is 4.39 Å². The number of carbonyl (C=O) groups excluding carboxylic acids is 1. The zero-order valence-electron chi connectivity index (χ0n) is 18.5. The second-order valence-electron chi connectivity index (χ2n) is 7.39. The molecule has 0 saturated heterocycles. The van der Waals surface area contributed by atoms with Gasteiger partial charge in [0.2, 0.25) is 0 Å². The van der Waals surface area contributed by atoms with Gasteiger partial charge in [-0.05, 0) is 49.0 Å². The molecule has 0 aliphatic heterocycles. The van der Waals surface area contributed by atoms with Gasteiger partial charge in [0.05, 0.1) is 6.54 Å². The molecular formula is C25H35FN2O. The number of allylic oxidation sites excluding steroid dienone is 4. The van der Waals surface area contributed by atoms with Gasteiger partial charge < -0.3 is 5.73 Å². The monoisotopic (exact) mass is 398 g/mol. The summed E-state index contributed by atoms with van der Waals surface area (Å²) in [5, 5.41) is 0. The number of aryl methyl sites for hydroxylation is 1. The van der Waals surface area contributed by atoms with Gasteiger partial charge in [-0.1, -0.05) is 58.9 Å². The Labute approximate surface area is 175 Å². The highest BCUT2D eigenvalue weighted by Gasteiger charge is 2.16. The predicted octanol–water partition coefficient (Wildman–Crippen LogP) is 6.49. The fourth-order valence-electron chi connectivity index (χ4n) is 3.22. The molecule has 3 nitrogen and oxygen atoms in total. The Morgan fingerprint density at radius 2 is 2.00 bits per heavy atom. The minimum Gasteiger partial charge on any atom is -0.404 e. The zero-order chi connectivity index (χ0) is 22.0. The summed E-state index contributed by atoms with van der Waals surface area (Å²) in [4.78, 5) is 17.4. The summed E-state index contributed by atoms with van der Waals surface area (Å²) in [5.74, 6) is -0.281. The molecule has 0 aromatic heterocycles. The van der Waals surface area contributed by atoms with E-state index < -0.39 is 5.83 Å². The Morgan fingerprint density at radius 3 is 2.52 bits per heavy atom. The second-order valence-corrected chi connectivity index (χ2v) is 7.39. The Balaban J connectivity index is 3.20. The van der Waals surface area contributed by atoms with Crippen molar-refractivity contribution >= 4 is 11.5 Å². The van der Waals surface area contributed by atoms with Crippen LogP contribution in [0.15, 0.2) is 59.0 Å². The SMILES string of the molecule is C=C(F)/C=C(C)\C(=C\N)C(CCC)=NCc1ccc(C(=O)C(C)CC)c(CC)c1. The number of benzene rings is 1. The van der Waals surface area contributed by atoms with E-state index in [0.29, 0.717) is 12.1 Å². The molecule has 0 spiro atoms. The van der Waals surface area contributed by atoms with Gasteiger partial charge in [-0.3, -0.25) is 9.79 Å². The Kier molecular flexibility index (Phi) is 10.3. The van der Waals surface area contributed by atoms with Crippen molar-refractivity contribution in [3.05, 3.63) is 70.7 Å². The van der Waals surface area contributed by atoms with E-state index >= 15 is 0 Å². The summed E-state index contributed by atoms with van der Waals surface area (Å²) in [6, 6.07) is 5.97. The number of nitrogens with zero attached hydrogens (tertiary/aromatic N) is 1. The van der Waals surface area contributed by atoms with Crippen molar-refractivity contribution in [3.8, 4) is 0 Å². The Hall–Kier alpha value is -2.49. The molecule has 0 heterocycles. The Morgan fingerprint density at radius 1 is 1.31 bits per heavy atom. The predicted molar refractivity (Wildman–Crippen MR) is 122 cm³/mol. The van der Waals surface area contributed by atoms with Crippen molar-refractivity contribution in [1.82, 2.24) is 0 Å². The average Bonchev–Trinajstić information content (AvgIpc) is 2.70. The molecule has 0 saturated carbocycles. The molecule has 0 amide bonds. The van der Waals surface area contributed by atoms with Gasteiger partial charge in [0.1, 0.15) is 5.83 Å². The smallest absolute Gasteiger partial charge is 0.165 e. The number of ketones is 1. The summed E-state index contributed by atoms with van der Waals surface area (Å²) in [7, 11) is 0. The van der Waals surface area contributed by atoms with Gasteiger partial charge in [0.15, 0.2) is 5.78 Å². The first-order valence-electron chi connectivity index (χ1n) is 10.4. The van der Waals surface area contributed by atoms with Crippen molar-refractivity contribution in [2.45, 2.75) is 66.8 Å². The van der Waals surface area contributed by atoms with Gasteiger partial charge in [0, 0.05) is 29.0 Å². The van der Waals surface area contributed by atoms with Crippen LogP contribution in [0.2, 0.25) is 0 Å². The van der Waals surface area contributed by atoms with Gasteiger partial charge >= 0.3 is 0 Å². The van der Waals surface area contributed by atoms with Crippen molar-refractivity contribution in [2.24, 2.45) is 16.6 Å². The number of halogens is 1. The Bertz CT molecular complexity index is 818. The molecule has 2 N–H and O–H groups in total. The van der Waals surface area contributed by atoms with Crippen LogP contribution in [0.25, 0.3) is 0 Å². The molecule has 0 radical (unpaired) electrons. The van der Waals surface area contributed by atoms with Crippen molar-refractivity contribution in [2.75, 3.05) is 0 Å². The lowest BCUT2D eigenvalue weighted by molar-refractivity contribution is 0.0926. The third kappa shape index (κ3) is 7.12. The van der Waals surface area contributed by atoms with E-state index in [1.165, 1.54) is 12.3 Å². The molecule has 1 atom stereocenters. The molecule has 1 aromatic carbocycles. The zero-order valence-corrected chi connectivity index (χ0v) is 18.5. The van der Waals surface area contributed by atoms with Gasteiger partial charge in [-0.15, -0.1) is 0 Å². The van der Waals surface area contributed by atoms with Crippen LogP contribution < -0.4 is 5.73 Å². The van der Waals surface area contributed by atoms with E-state index in [4.69, 9.17) is 10.7 Å². The van der Waals surface area contributed by atoms with Crippen LogP contribution in [0.4, 0.5) is 4.39 Å².